The predicted octanol–water partition coefficient (Wildman–Crippen LogP) is 2.50. The zero-order chi connectivity index (χ0) is 12.8. The minimum Gasteiger partial charge on any atom is -0.491 e. The first kappa shape index (κ1) is 12.3. The molecule has 0 bridgehead atoms. The lowest BCUT2D eigenvalue weighted by Gasteiger charge is -2.14. The molecule has 0 saturated heterocycles. The van der Waals surface area contributed by atoms with E-state index in [1.165, 1.54) is 12.1 Å². The monoisotopic (exact) mass is 247 g/mol. The Hall–Kier alpha value is -2.17. The van der Waals surface area contributed by atoms with Crippen LogP contribution in [0, 0.1) is 5.82 Å². The molecule has 94 valence electrons. The Labute approximate surface area is 105 Å². The van der Waals surface area contributed by atoms with Crippen molar-refractivity contribution >= 4 is 5.95 Å². The molecule has 0 fully saturated rings. The molecule has 0 spiro atoms. The summed E-state index contributed by atoms with van der Waals surface area (Å²) in [6.45, 7) is 2.34. The first-order chi connectivity index (χ1) is 8.74. The number of ether oxygens (including phenoxy) is 1. The van der Waals surface area contributed by atoms with E-state index in [1.54, 1.807) is 30.6 Å². The summed E-state index contributed by atoms with van der Waals surface area (Å²) < 4.78 is 18.4. The standard InChI is InChI=1S/C13H14FN3O/c1-10(17-13-15-6-3-7-16-13)9-18-12-5-2-4-11(14)8-12/h2-8,10H,9H2,1H3,(H,15,16,17)/t10-/m0/s1. The molecule has 0 aliphatic carbocycles. The molecular formula is C13H14FN3O. The number of nitrogens with one attached hydrogen (secondary N) is 1. The molecule has 0 aliphatic rings. The predicted molar refractivity (Wildman–Crippen MR) is 67.0 cm³/mol. The molecule has 1 aromatic carbocycles. The van der Waals surface area contributed by atoms with Crippen LogP contribution in [0.1, 0.15) is 6.92 Å². The topological polar surface area (TPSA) is 47.0 Å². The smallest absolute Gasteiger partial charge is 0.222 e. The van der Waals surface area contributed by atoms with Crippen LogP contribution in [0.25, 0.3) is 0 Å². The second-order valence-electron chi connectivity index (χ2n) is 3.89. The Kier molecular flexibility index (Phi) is 4.06. The minimum atomic E-state index is -0.306. The highest BCUT2D eigenvalue weighted by Gasteiger charge is 2.04. The molecule has 1 aromatic heterocycles. The molecule has 18 heavy (non-hydrogen) atoms. The molecule has 0 aliphatic heterocycles. The van der Waals surface area contributed by atoms with E-state index in [4.69, 9.17) is 4.74 Å². The molecule has 5 heteroatoms. The Morgan fingerprint density at radius 3 is 2.78 bits per heavy atom. The van der Waals surface area contributed by atoms with Gasteiger partial charge in [0.15, 0.2) is 0 Å². The first-order valence-corrected chi connectivity index (χ1v) is 5.66. The lowest BCUT2D eigenvalue weighted by Crippen LogP contribution is -2.24. The van der Waals surface area contributed by atoms with Crippen LogP contribution in [-0.4, -0.2) is 22.6 Å². The molecule has 0 saturated carbocycles. The fourth-order valence-electron chi connectivity index (χ4n) is 1.41. The van der Waals surface area contributed by atoms with Crippen LogP contribution < -0.4 is 10.1 Å². The lowest BCUT2D eigenvalue weighted by molar-refractivity contribution is 0.302. The molecule has 1 atom stereocenters. The van der Waals surface area contributed by atoms with Crippen molar-refractivity contribution in [2.24, 2.45) is 0 Å². The number of aromatic nitrogens is 2. The average molecular weight is 247 g/mol. The lowest BCUT2D eigenvalue weighted by atomic mass is 10.3. The van der Waals surface area contributed by atoms with Crippen molar-refractivity contribution in [2.75, 3.05) is 11.9 Å². The normalized spacial score (nSPS) is 11.9. The van der Waals surface area contributed by atoms with E-state index in [-0.39, 0.29) is 11.9 Å². The fraction of sp³-hybridized carbons (Fsp3) is 0.231. The summed E-state index contributed by atoms with van der Waals surface area (Å²) in [4.78, 5) is 8.10. The SMILES string of the molecule is C[C@@H](COc1cccc(F)c1)Nc1ncccn1. The van der Waals surface area contributed by atoms with Crippen molar-refractivity contribution in [1.82, 2.24) is 9.97 Å². The van der Waals surface area contributed by atoms with Gasteiger partial charge in [0.05, 0.1) is 6.04 Å². The number of benzene rings is 1. The summed E-state index contributed by atoms with van der Waals surface area (Å²) in [6, 6.07) is 7.84. The fourth-order valence-corrected chi connectivity index (χ4v) is 1.41. The van der Waals surface area contributed by atoms with E-state index >= 15 is 0 Å². The third kappa shape index (κ3) is 3.69. The third-order valence-corrected chi connectivity index (χ3v) is 2.24. The number of anilines is 1. The van der Waals surface area contributed by atoms with Gasteiger partial charge in [-0.2, -0.15) is 0 Å². The van der Waals surface area contributed by atoms with E-state index in [1.807, 2.05) is 6.92 Å². The van der Waals surface area contributed by atoms with E-state index in [9.17, 15) is 4.39 Å². The van der Waals surface area contributed by atoms with E-state index in [2.05, 4.69) is 15.3 Å². The molecule has 1 N–H and O–H groups in total. The van der Waals surface area contributed by atoms with Gasteiger partial charge in [0.2, 0.25) is 5.95 Å². The van der Waals surface area contributed by atoms with E-state index in [0.29, 0.717) is 18.3 Å². The van der Waals surface area contributed by atoms with Crippen molar-refractivity contribution in [2.45, 2.75) is 13.0 Å². The van der Waals surface area contributed by atoms with Crippen molar-refractivity contribution in [1.29, 1.82) is 0 Å². The highest BCUT2D eigenvalue weighted by atomic mass is 19.1. The largest absolute Gasteiger partial charge is 0.491 e. The average Bonchev–Trinajstić information content (AvgIpc) is 2.38. The maximum absolute atomic E-state index is 12.9. The number of nitrogens with zero attached hydrogens (tertiary/aromatic N) is 2. The maximum atomic E-state index is 12.9. The van der Waals surface area contributed by atoms with Gasteiger partial charge in [-0.1, -0.05) is 6.07 Å². The molecule has 0 unspecified atom stereocenters. The van der Waals surface area contributed by atoms with E-state index in [0.717, 1.165) is 0 Å². The van der Waals surface area contributed by atoms with Gasteiger partial charge >= 0.3 is 0 Å². The Bertz CT molecular complexity index is 493. The summed E-state index contributed by atoms with van der Waals surface area (Å²) in [7, 11) is 0. The van der Waals surface area contributed by atoms with Gasteiger partial charge in [0.25, 0.3) is 0 Å². The van der Waals surface area contributed by atoms with Crippen LogP contribution in [0.4, 0.5) is 10.3 Å². The van der Waals surface area contributed by atoms with Crippen molar-refractivity contribution in [3.05, 3.63) is 48.5 Å². The van der Waals surface area contributed by atoms with Crippen molar-refractivity contribution in [3.8, 4) is 5.75 Å². The van der Waals surface area contributed by atoms with Crippen LogP contribution in [0.15, 0.2) is 42.7 Å². The Morgan fingerprint density at radius 2 is 2.06 bits per heavy atom. The van der Waals surface area contributed by atoms with Crippen molar-refractivity contribution in [3.63, 3.8) is 0 Å². The molecule has 0 radical (unpaired) electrons. The van der Waals surface area contributed by atoms with Crippen LogP contribution in [0.2, 0.25) is 0 Å². The first-order valence-electron chi connectivity index (χ1n) is 5.66. The maximum Gasteiger partial charge on any atom is 0.222 e. The minimum absolute atomic E-state index is 0.0238. The van der Waals surface area contributed by atoms with Crippen LogP contribution >= 0.6 is 0 Å². The molecule has 1 heterocycles. The summed E-state index contributed by atoms with van der Waals surface area (Å²) in [5.74, 6) is 0.755. The number of rotatable bonds is 5. The van der Waals surface area contributed by atoms with Crippen LogP contribution in [-0.2, 0) is 0 Å². The Balaban J connectivity index is 1.83. The Morgan fingerprint density at radius 1 is 1.28 bits per heavy atom. The summed E-state index contributed by atoms with van der Waals surface area (Å²) in [6.07, 6.45) is 3.32. The van der Waals surface area contributed by atoms with Gasteiger partial charge in [-0.05, 0) is 25.1 Å². The molecule has 4 nitrogen and oxygen atoms in total. The second kappa shape index (κ2) is 5.95. The zero-order valence-corrected chi connectivity index (χ0v) is 10.0. The summed E-state index contributed by atoms with van der Waals surface area (Å²) in [5.41, 5.74) is 0. The number of hydrogen-bond donors (Lipinski definition) is 1. The van der Waals surface area contributed by atoms with Crippen LogP contribution in [0.3, 0.4) is 0 Å². The van der Waals surface area contributed by atoms with Gasteiger partial charge in [0, 0.05) is 18.5 Å². The second-order valence-corrected chi connectivity index (χ2v) is 3.89. The van der Waals surface area contributed by atoms with Gasteiger partial charge in [-0.3, -0.25) is 0 Å². The number of halogens is 1. The third-order valence-electron chi connectivity index (χ3n) is 2.24. The highest BCUT2D eigenvalue weighted by molar-refractivity contribution is 5.25. The number of hydrogen-bond acceptors (Lipinski definition) is 4. The molecule has 2 rings (SSSR count). The summed E-state index contributed by atoms with van der Waals surface area (Å²) in [5, 5.41) is 3.09. The highest BCUT2D eigenvalue weighted by Crippen LogP contribution is 2.12. The molecule has 0 amide bonds. The van der Waals surface area contributed by atoms with Gasteiger partial charge in [-0.15, -0.1) is 0 Å². The summed E-state index contributed by atoms with van der Waals surface area (Å²) >= 11 is 0. The molecular weight excluding hydrogens is 233 g/mol. The van der Waals surface area contributed by atoms with E-state index < -0.39 is 0 Å². The van der Waals surface area contributed by atoms with Gasteiger partial charge < -0.3 is 10.1 Å². The zero-order valence-electron chi connectivity index (χ0n) is 10.0. The molecule has 2 aromatic rings. The van der Waals surface area contributed by atoms with Crippen molar-refractivity contribution < 1.29 is 9.13 Å². The van der Waals surface area contributed by atoms with Gasteiger partial charge in [-0.25, -0.2) is 14.4 Å². The van der Waals surface area contributed by atoms with Gasteiger partial charge in [0.1, 0.15) is 18.2 Å². The van der Waals surface area contributed by atoms with Crippen LogP contribution in [0.5, 0.6) is 5.75 Å². The quantitative estimate of drug-likeness (QED) is 0.881.